The molecule has 0 saturated carbocycles. The maximum atomic E-state index is 13.2. The van der Waals surface area contributed by atoms with Crippen LogP contribution in [0.4, 0.5) is 5.69 Å². The minimum atomic E-state index is -0.301. The van der Waals surface area contributed by atoms with Gasteiger partial charge in [0.1, 0.15) is 5.69 Å². The van der Waals surface area contributed by atoms with Crippen LogP contribution in [0.3, 0.4) is 0 Å². The number of benzene rings is 1. The Morgan fingerprint density at radius 2 is 1.77 bits per heavy atom. The summed E-state index contributed by atoms with van der Waals surface area (Å²) in [5.41, 5.74) is 1.95. The first kappa shape index (κ1) is 20.3. The summed E-state index contributed by atoms with van der Waals surface area (Å²) in [5, 5.41) is 4.30. The quantitative estimate of drug-likeness (QED) is 0.779. The predicted octanol–water partition coefficient (Wildman–Crippen LogP) is 2.63. The molecule has 1 fully saturated rings. The molecule has 7 nitrogen and oxygen atoms in total. The molecule has 0 aliphatic carbocycles. The van der Waals surface area contributed by atoms with Crippen molar-refractivity contribution in [1.29, 1.82) is 0 Å². The molecule has 0 spiro atoms. The number of hydrogen-bond donors (Lipinski definition) is 0. The molecule has 0 unspecified atom stereocenters. The largest absolute Gasteiger partial charge is 0.343 e. The lowest BCUT2D eigenvalue weighted by molar-refractivity contribution is -0.131. The number of likely N-dealkylation sites (tertiary alicyclic amines) is 1. The Morgan fingerprint density at radius 1 is 1.03 bits per heavy atom. The van der Waals surface area contributed by atoms with E-state index in [2.05, 4.69) is 5.10 Å². The van der Waals surface area contributed by atoms with Crippen molar-refractivity contribution in [3.8, 4) is 0 Å². The van der Waals surface area contributed by atoms with E-state index in [1.165, 1.54) is 16.8 Å². The highest BCUT2D eigenvalue weighted by molar-refractivity contribution is 6.06. The van der Waals surface area contributed by atoms with Crippen LogP contribution in [0.15, 0.2) is 41.2 Å². The Kier molecular flexibility index (Phi) is 5.97. The first-order chi connectivity index (χ1) is 14.5. The number of para-hydroxylation sites is 1. The average molecular weight is 409 g/mol. The monoisotopic (exact) mass is 408 g/mol. The van der Waals surface area contributed by atoms with E-state index in [-0.39, 0.29) is 42.1 Å². The standard InChI is InChI=1S/C23H28N4O3/c1-17-16-18-8-4-5-9-20(18)27(17)23(30)19-10-11-22(29)26(24-19)15-12-21(28)25-13-6-2-3-7-14-25/h4-5,8-11,17H,2-3,6-7,12-16H2,1H3/t17-/m0/s1. The number of fused-ring (bicyclic) bond motifs is 1. The first-order valence-corrected chi connectivity index (χ1v) is 10.8. The van der Waals surface area contributed by atoms with Gasteiger partial charge in [0, 0.05) is 37.3 Å². The van der Waals surface area contributed by atoms with Crippen LogP contribution in [-0.4, -0.2) is 45.6 Å². The van der Waals surface area contributed by atoms with Gasteiger partial charge in [0.15, 0.2) is 0 Å². The topological polar surface area (TPSA) is 75.5 Å². The number of anilines is 1. The van der Waals surface area contributed by atoms with E-state index in [0.717, 1.165) is 56.4 Å². The molecule has 0 N–H and O–H groups in total. The molecular weight excluding hydrogens is 380 g/mol. The Balaban J connectivity index is 1.49. The van der Waals surface area contributed by atoms with Crippen LogP contribution in [0, 0.1) is 0 Å². The summed E-state index contributed by atoms with van der Waals surface area (Å²) < 4.78 is 1.25. The van der Waals surface area contributed by atoms with E-state index in [4.69, 9.17) is 0 Å². The number of carbonyl (C=O) groups is 2. The number of rotatable bonds is 4. The molecule has 1 aromatic carbocycles. The molecule has 2 aliphatic rings. The van der Waals surface area contributed by atoms with Gasteiger partial charge >= 0.3 is 0 Å². The van der Waals surface area contributed by atoms with Crippen molar-refractivity contribution < 1.29 is 9.59 Å². The zero-order chi connectivity index (χ0) is 21.1. The van der Waals surface area contributed by atoms with E-state index < -0.39 is 0 Å². The maximum absolute atomic E-state index is 13.2. The zero-order valence-electron chi connectivity index (χ0n) is 17.4. The second-order valence-corrected chi connectivity index (χ2v) is 8.18. The van der Waals surface area contributed by atoms with Crippen molar-refractivity contribution in [1.82, 2.24) is 14.7 Å². The van der Waals surface area contributed by atoms with Crippen LogP contribution in [0.5, 0.6) is 0 Å². The SMILES string of the molecule is C[C@H]1Cc2ccccc2N1C(=O)c1ccc(=O)n(CCC(=O)N2CCCCCC2)n1. The summed E-state index contributed by atoms with van der Waals surface area (Å²) in [7, 11) is 0. The molecule has 1 saturated heterocycles. The molecule has 1 aromatic heterocycles. The Morgan fingerprint density at radius 3 is 2.53 bits per heavy atom. The van der Waals surface area contributed by atoms with Crippen molar-refractivity contribution in [2.75, 3.05) is 18.0 Å². The van der Waals surface area contributed by atoms with Crippen molar-refractivity contribution in [3.63, 3.8) is 0 Å². The van der Waals surface area contributed by atoms with Crippen molar-refractivity contribution in [2.45, 2.75) is 58.0 Å². The van der Waals surface area contributed by atoms with Crippen LogP contribution in [0.1, 0.15) is 55.1 Å². The third-order valence-electron chi connectivity index (χ3n) is 6.01. The second kappa shape index (κ2) is 8.81. The molecule has 3 heterocycles. The second-order valence-electron chi connectivity index (χ2n) is 8.18. The summed E-state index contributed by atoms with van der Waals surface area (Å²) in [6, 6.07) is 10.7. The summed E-state index contributed by atoms with van der Waals surface area (Å²) in [4.78, 5) is 41.6. The van der Waals surface area contributed by atoms with Gasteiger partial charge in [-0.2, -0.15) is 5.10 Å². The van der Waals surface area contributed by atoms with E-state index in [9.17, 15) is 14.4 Å². The van der Waals surface area contributed by atoms with Gasteiger partial charge in [0.05, 0.1) is 6.54 Å². The Bertz CT molecular complexity index is 992. The van der Waals surface area contributed by atoms with E-state index in [1.54, 1.807) is 4.90 Å². The molecule has 1 atom stereocenters. The van der Waals surface area contributed by atoms with E-state index >= 15 is 0 Å². The number of aryl methyl sites for hydroxylation is 1. The molecule has 7 heteroatoms. The molecule has 2 aromatic rings. The van der Waals surface area contributed by atoms with Gasteiger partial charge in [-0.05, 0) is 43.9 Å². The highest BCUT2D eigenvalue weighted by Crippen LogP contribution is 2.32. The minimum absolute atomic E-state index is 0.0293. The van der Waals surface area contributed by atoms with Gasteiger partial charge in [-0.25, -0.2) is 4.68 Å². The molecule has 30 heavy (non-hydrogen) atoms. The van der Waals surface area contributed by atoms with Gasteiger partial charge in [0.2, 0.25) is 5.91 Å². The molecular formula is C23H28N4O3. The fourth-order valence-corrected chi connectivity index (χ4v) is 4.40. The lowest BCUT2D eigenvalue weighted by Crippen LogP contribution is -2.38. The molecule has 4 rings (SSSR count). The predicted molar refractivity (Wildman–Crippen MR) is 115 cm³/mol. The van der Waals surface area contributed by atoms with Crippen LogP contribution in [0.2, 0.25) is 0 Å². The lowest BCUT2D eigenvalue weighted by Gasteiger charge is -2.22. The third kappa shape index (κ3) is 4.15. The van der Waals surface area contributed by atoms with Crippen molar-refractivity contribution >= 4 is 17.5 Å². The van der Waals surface area contributed by atoms with E-state index in [1.807, 2.05) is 36.1 Å². The number of aromatic nitrogens is 2. The maximum Gasteiger partial charge on any atom is 0.278 e. The minimum Gasteiger partial charge on any atom is -0.343 e. The van der Waals surface area contributed by atoms with Gasteiger partial charge in [-0.1, -0.05) is 31.0 Å². The summed E-state index contributed by atoms with van der Waals surface area (Å²) >= 11 is 0. The van der Waals surface area contributed by atoms with Crippen LogP contribution in [-0.2, 0) is 17.8 Å². The Hall–Kier alpha value is -2.96. The van der Waals surface area contributed by atoms with E-state index in [0.29, 0.717) is 0 Å². The Labute approximate surface area is 176 Å². The van der Waals surface area contributed by atoms with Crippen LogP contribution < -0.4 is 10.5 Å². The smallest absolute Gasteiger partial charge is 0.278 e. The highest BCUT2D eigenvalue weighted by Gasteiger charge is 2.32. The normalized spacial score (nSPS) is 18.8. The summed E-state index contributed by atoms with van der Waals surface area (Å²) in [6.45, 7) is 3.76. The molecule has 158 valence electrons. The summed E-state index contributed by atoms with van der Waals surface area (Å²) in [6.07, 6.45) is 5.40. The first-order valence-electron chi connectivity index (χ1n) is 10.8. The molecule has 2 aliphatic heterocycles. The molecule has 2 amide bonds. The van der Waals surface area contributed by atoms with Gasteiger partial charge in [0.25, 0.3) is 11.5 Å². The lowest BCUT2D eigenvalue weighted by atomic mass is 10.1. The van der Waals surface area contributed by atoms with Crippen LogP contribution >= 0.6 is 0 Å². The average Bonchev–Trinajstić information content (AvgIpc) is 2.91. The number of carbonyl (C=O) groups excluding carboxylic acids is 2. The summed E-state index contributed by atoms with van der Waals surface area (Å²) in [5.74, 6) is -0.176. The van der Waals surface area contributed by atoms with Crippen molar-refractivity contribution in [2.24, 2.45) is 0 Å². The third-order valence-corrected chi connectivity index (χ3v) is 6.01. The fraction of sp³-hybridized carbons (Fsp3) is 0.478. The number of hydrogen-bond acceptors (Lipinski definition) is 4. The van der Waals surface area contributed by atoms with Gasteiger partial charge < -0.3 is 9.80 Å². The zero-order valence-corrected chi connectivity index (χ0v) is 17.4. The van der Waals surface area contributed by atoms with Gasteiger partial charge in [-0.15, -0.1) is 0 Å². The van der Waals surface area contributed by atoms with Gasteiger partial charge in [-0.3, -0.25) is 14.4 Å². The van der Waals surface area contributed by atoms with Crippen LogP contribution in [0.25, 0.3) is 0 Å². The van der Waals surface area contributed by atoms with Crippen molar-refractivity contribution in [3.05, 3.63) is 58.0 Å². The number of nitrogens with zero attached hydrogens (tertiary/aromatic N) is 4. The molecule has 0 bridgehead atoms. The fourth-order valence-electron chi connectivity index (χ4n) is 4.40. The molecule has 0 radical (unpaired) electrons. The number of amides is 2. The highest BCUT2D eigenvalue weighted by atomic mass is 16.2.